The number of hydrogen-bond donors (Lipinski definition) is 1. The summed E-state index contributed by atoms with van der Waals surface area (Å²) in [5.41, 5.74) is -0.158. The maximum absolute atomic E-state index is 8.56. The summed E-state index contributed by atoms with van der Waals surface area (Å²) in [6.07, 6.45) is 0.684. The lowest BCUT2D eigenvalue weighted by Gasteiger charge is -2.39. The number of hydrogen-bond acceptors (Lipinski definition) is 3. The summed E-state index contributed by atoms with van der Waals surface area (Å²) in [6, 6.07) is 0. The second kappa shape index (κ2) is 2.64. The Labute approximate surface area is 54.6 Å². The van der Waals surface area contributed by atoms with Crippen LogP contribution in [0.5, 0.6) is 0 Å². The van der Waals surface area contributed by atoms with E-state index in [2.05, 4.69) is 0 Å². The lowest BCUT2D eigenvalue weighted by Crippen LogP contribution is -2.51. The molecule has 3 nitrogen and oxygen atoms in total. The van der Waals surface area contributed by atoms with E-state index in [0.717, 1.165) is 0 Å². The van der Waals surface area contributed by atoms with Gasteiger partial charge in [-0.05, 0) is 0 Å². The molecule has 1 fully saturated rings. The van der Waals surface area contributed by atoms with Crippen molar-refractivity contribution in [2.75, 3.05) is 26.9 Å². The third-order valence-electron chi connectivity index (χ3n) is 1.73. The van der Waals surface area contributed by atoms with Crippen molar-refractivity contribution in [2.24, 2.45) is 0 Å². The molecule has 0 spiro atoms. The molecule has 1 aliphatic heterocycles. The predicted molar refractivity (Wildman–Crippen MR) is 32.3 cm³/mol. The maximum atomic E-state index is 8.56. The zero-order chi connectivity index (χ0) is 6.74. The van der Waals surface area contributed by atoms with Gasteiger partial charge in [-0.3, -0.25) is 0 Å². The lowest BCUT2D eigenvalue weighted by molar-refractivity contribution is -0.202. The first-order valence-corrected chi connectivity index (χ1v) is 3.07. The number of aliphatic hydroxyl groups is 1. The Morgan fingerprint density at radius 3 is 2.44 bits per heavy atom. The zero-order valence-corrected chi connectivity index (χ0v) is 5.59. The molecule has 0 aromatic carbocycles. The van der Waals surface area contributed by atoms with Crippen molar-refractivity contribution in [3.63, 3.8) is 0 Å². The van der Waals surface area contributed by atoms with E-state index in [-0.39, 0.29) is 12.2 Å². The Morgan fingerprint density at radius 1 is 1.67 bits per heavy atom. The van der Waals surface area contributed by atoms with Crippen LogP contribution in [0.15, 0.2) is 0 Å². The van der Waals surface area contributed by atoms with E-state index in [0.29, 0.717) is 19.6 Å². The molecule has 0 amide bonds. The van der Waals surface area contributed by atoms with Crippen LogP contribution < -0.4 is 0 Å². The van der Waals surface area contributed by atoms with Gasteiger partial charge in [0.25, 0.3) is 0 Å². The van der Waals surface area contributed by atoms with Gasteiger partial charge in [0.1, 0.15) is 5.60 Å². The van der Waals surface area contributed by atoms with Crippen LogP contribution in [0.2, 0.25) is 0 Å². The van der Waals surface area contributed by atoms with E-state index in [1.54, 1.807) is 7.11 Å². The molecular formula is C6H12O3. The molecular weight excluding hydrogens is 120 g/mol. The normalized spacial score (nSPS) is 23.3. The van der Waals surface area contributed by atoms with Crippen molar-refractivity contribution < 1.29 is 14.6 Å². The Morgan fingerprint density at radius 2 is 2.33 bits per heavy atom. The van der Waals surface area contributed by atoms with E-state index in [1.165, 1.54) is 0 Å². The van der Waals surface area contributed by atoms with Crippen molar-refractivity contribution in [3.05, 3.63) is 0 Å². The van der Waals surface area contributed by atoms with Crippen molar-refractivity contribution in [1.82, 2.24) is 0 Å². The van der Waals surface area contributed by atoms with Gasteiger partial charge < -0.3 is 14.6 Å². The van der Waals surface area contributed by atoms with E-state index in [9.17, 15) is 0 Å². The van der Waals surface area contributed by atoms with Crippen LogP contribution in [0.3, 0.4) is 0 Å². The molecule has 0 atom stereocenters. The Hall–Kier alpha value is -0.120. The van der Waals surface area contributed by atoms with Crippen molar-refractivity contribution >= 4 is 0 Å². The summed E-state index contributed by atoms with van der Waals surface area (Å²) in [5.74, 6) is 0. The van der Waals surface area contributed by atoms with Gasteiger partial charge in [0.05, 0.1) is 13.2 Å². The van der Waals surface area contributed by atoms with Crippen molar-refractivity contribution in [1.29, 1.82) is 0 Å². The van der Waals surface area contributed by atoms with Gasteiger partial charge in [-0.25, -0.2) is 0 Å². The van der Waals surface area contributed by atoms with Gasteiger partial charge in [-0.2, -0.15) is 0 Å². The van der Waals surface area contributed by atoms with Gasteiger partial charge in [0, 0.05) is 20.1 Å². The highest BCUT2D eigenvalue weighted by Gasteiger charge is 2.37. The lowest BCUT2D eigenvalue weighted by atomic mass is 9.98. The molecule has 9 heavy (non-hydrogen) atoms. The van der Waals surface area contributed by atoms with E-state index in [1.807, 2.05) is 0 Å². The third-order valence-corrected chi connectivity index (χ3v) is 1.73. The molecule has 1 aliphatic rings. The standard InChI is InChI=1S/C6H12O3/c1-8-6(2-3-7)4-9-5-6/h7H,2-5H2,1H3. The molecule has 0 bridgehead atoms. The summed E-state index contributed by atoms with van der Waals surface area (Å²) < 4.78 is 10.1. The number of aliphatic hydroxyl groups excluding tert-OH is 1. The van der Waals surface area contributed by atoms with Crippen LogP contribution in [-0.4, -0.2) is 37.6 Å². The number of rotatable bonds is 3. The fourth-order valence-electron chi connectivity index (χ4n) is 0.898. The molecule has 0 unspecified atom stereocenters. The quantitative estimate of drug-likeness (QED) is 0.577. The van der Waals surface area contributed by atoms with Gasteiger partial charge in [0.2, 0.25) is 0 Å². The van der Waals surface area contributed by atoms with Crippen LogP contribution in [0.25, 0.3) is 0 Å². The third kappa shape index (κ3) is 1.23. The second-order valence-electron chi connectivity index (χ2n) is 2.35. The smallest absolute Gasteiger partial charge is 0.116 e. The SMILES string of the molecule is COC1(CCO)COC1. The van der Waals surface area contributed by atoms with Gasteiger partial charge in [-0.1, -0.05) is 0 Å². The molecule has 0 aliphatic carbocycles. The fourth-order valence-corrected chi connectivity index (χ4v) is 0.898. The summed E-state index contributed by atoms with van der Waals surface area (Å²) in [7, 11) is 1.65. The molecule has 3 heteroatoms. The van der Waals surface area contributed by atoms with Crippen LogP contribution in [0.1, 0.15) is 6.42 Å². The zero-order valence-electron chi connectivity index (χ0n) is 5.59. The average Bonchev–Trinajstić information content (AvgIpc) is 1.79. The largest absolute Gasteiger partial charge is 0.396 e. The number of ether oxygens (including phenoxy) is 2. The first-order chi connectivity index (χ1) is 4.33. The Bertz CT molecular complexity index is 82.8. The predicted octanol–water partition coefficient (Wildman–Crippen LogP) is -0.216. The second-order valence-corrected chi connectivity index (χ2v) is 2.35. The van der Waals surface area contributed by atoms with Crippen molar-refractivity contribution in [2.45, 2.75) is 12.0 Å². The minimum Gasteiger partial charge on any atom is -0.396 e. The van der Waals surface area contributed by atoms with E-state index >= 15 is 0 Å². The summed E-state index contributed by atoms with van der Waals surface area (Å²) in [4.78, 5) is 0. The van der Waals surface area contributed by atoms with Gasteiger partial charge >= 0.3 is 0 Å². The highest BCUT2D eigenvalue weighted by Crippen LogP contribution is 2.23. The first-order valence-electron chi connectivity index (χ1n) is 3.07. The van der Waals surface area contributed by atoms with Crippen LogP contribution in [-0.2, 0) is 9.47 Å². The van der Waals surface area contributed by atoms with Crippen molar-refractivity contribution in [3.8, 4) is 0 Å². The van der Waals surface area contributed by atoms with E-state index < -0.39 is 0 Å². The van der Waals surface area contributed by atoms with Gasteiger partial charge in [0.15, 0.2) is 0 Å². The molecule has 54 valence electrons. The molecule has 0 aromatic rings. The molecule has 1 rings (SSSR count). The molecule has 1 saturated heterocycles. The minimum absolute atomic E-state index is 0.158. The first kappa shape index (κ1) is 6.99. The average molecular weight is 132 g/mol. The molecule has 0 saturated carbocycles. The number of methoxy groups -OCH3 is 1. The highest BCUT2D eigenvalue weighted by molar-refractivity contribution is 4.86. The molecule has 1 heterocycles. The summed E-state index contributed by atoms with van der Waals surface area (Å²) >= 11 is 0. The Balaban J connectivity index is 2.28. The van der Waals surface area contributed by atoms with Crippen LogP contribution >= 0.6 is 0 Å². The highest BCUT2D eigenvalue weighted by atomic mass is 16.6. The molecule has 1 N–H and O–H groups in total. The fraction of sp³-hybridized carbons (Fsp3) is 1.00. The topological polar surface area (TPSA) is 38.7 Å². The molecule has 0 radical (unpaired) electrons. The summed E-state index contributed by atoms with van der Waals surface area (Å²) in [6.45, 7) is 1.44. The minimum atomic E-state index is -0.158. The molecule has 0 aromatic heterocycles. The monoisotopic (exact) mass is 132 g/mol. The van der Waals surface area contributed by atoms with Gasteiger partial charge in [-0.15, -0.1) is 0 Å². The van der Waals surface area contributed by atoms with Crippen LogP contribution in [0, 0.1) is 0 Å². The van der Waals surface area contributed by atoms with E-state index in [4.69, 9.17) is 14.6 Å². The van der Waals surface area contributed by atoms with Crippen LogP contribution in [0.4, 0.5) is 0 Å². The maximum Gasteiger partial charge on any atom is 0.116 e. The summed E-state index contributed by atoms with van der Waals surface area (Å²) in [5, 5.41) is 8.56. The Kier molecular flexibility index (Phi) is 2.05.